The molecular weight excluding hydrogens is 236 g/mol. The van der Waals surface area contributed by atoms with E-state index in [9.17, 15) is 5.11 Å². The zero-order valence-electron chi connectivity index (χ0n) is 12.9. The van der Waals surface area contributed by atoms with E-state index in [0.29, 0.717) is 0 Å². The van der Waals surface area contributed by atoms with Crippen LogP contribution in [0.4, 0.5) is 0 Å². The van der Waals surface area contributed by atoms with Crippen LogP contribution in [0.2, 0.25) is 0 Å². The van der Waals surface area contributed by atoms with Crippen molar-refractivity contribution < 1.29 is 9.84 Å². The number of benzene rings is 1. The third-order valence-corrected chi connectivity index (χ3v) is 4.44. The first-order valence-electron chi connectivity index (χ1n) is 7.05. The van der Waals surface area contributed by atoms with Crippen molar-refractivity contribution in [2.24, 2.45) is 5.92 Å². The lowest BCUT2D eigenvalue weighted by Crippen LogP contribution is -2.42. The Morgan fingerprint density at radius 2 is 1.79 bits per heavy atom. The number of aliphatic hydroxyl groups is 1. The molecular formula is C17H26O2. The second-order valence-electron chi connectivity index (χ2n) is 7.18. The summed E-state index contributed by atoms with van der Waals surface area (Å²) in [5, 5.41) is 11.2. The van der Waals surface area contributed by atoms with Crippen LogP contribution in [0.25, 0.3) is 0 Å². The smallest absolute Gasteiger partial charge is 0.0927 e. The Balaban J connectivity index is 2.43. The van der Waals surface area contributed by atoms with Crippen LogP contribution in [0.15, 0.2) is 24.3 Å². The minimum absolute atomic E-state index is 0.0797. The Labute approximate surface area is 116 Å². The highest BCUT2D eigenvalue weighted by molar-refractivity contribution is 5.32. The summed E-state index contributed by atoms with van der Waals surface area (Å²) in [5.74, 6) is 0.0797. The Morgan fingerprint density at radius 1 is 1.21 bits per heavy atom. The second-order valence-corrected chi connectivity index (χ2v) is 7.18. The Morgan fingerprint density at radius 3 is 2.26 bits per heavy atom. The van der Waals surface area contributed by atoms with E-state index in [1.807, 2.05) is 25.1 Å². The summed E-state index contributed by atoms with van der Waals surface area (Å²) in [6.07, 6.45) is 0.862. The van der Waals surface area contributed by atoms with Gasteiger partial charge in [-0.05, 0) is 59.1 Å². The van der Waals surface area contributed by atoms with Gasteiger partial charge in [0.05, 0.1) is 16.8 Å². The summed E-state index contributed by atoms with van der Waals surface area (Å²) in [4.78, 5) is 0. The lowest BCUT2D eigenvalue weighted by Gasteiger charge is -2.38. The highest BCUT2D eigenvalue weighted by Gasteiger charge is 2.53. The molecule has 1 aromatic rings. The van der Waals surface area contributed by atoms with Crippen molar-refractivity contribution in [3.63, 3.8) is 0 Å². The topological polar surface area (TPSA) is 29.5 Å². The number of rotatable bonds is 2. The quantitative estimate of drug-likeness (QED) is 0.878. The zero-order valence-corrected chi connectivity index (χ0v) is 12.9. The fourth-order valence-electron chi connectivity index (χ4n) is 3.77. The highest BCUT2D eigenvalue weighted by Crippen LogP contribution is 2.50. The third kappa shape index (κ3) is 2.56. The number of hydrogen-bond acceptors (Lipinski definition) is 2. The van der Waals surface area contributed by atoms with E-state index in [4.69, 9.17) is 4.74 Å². The van der Waals surface area contributed by atoms with Gasteiger partial charge in [-0.25, -0.2) is 0 Å². The first-order chi connectivity index (χ1) is 8.56. The number of aryl methyl sites for hydroxylation is 1. The van der Waals surface area contributed by atoms with Crippen LogP contribution in [0, 0.1) is 12.8 Å². The molecule has 0 aliphatic carbocycles. The predicted molar refractivity (Wildman–Crippen MR) is 78.1 cm³/mol. The fraction of sp³-hybridized carbons (Fsp3) is 0.647. The minimum Gasteiger partial charge on any atom is -0.385 e. The van der Waals surface area contributed by atoms with E-state index in [1.54, 1.807) is 0 Å². The lowest BCUT2D eigenvalue weighted by molar-refractivity contribution is -0.111. The van der Waals surface area contributed by atoms with Crippen LogP contribution < -0.4 is 0 Å². The van der Waals surface area contributed by atoms with Crippen molar-refractivity contribution >= 4 is 0 Å². The Bertz CT molecular complexity index is 472. The van der Waals surface area contributed by atoms with E-state index >= 15 is 0 Å². The van der Waals surface area contributed by atoms with Crippen LogP contribution in [-0.2, 0) is 10.3 Å². The van der Waals surface area contributed by atoms with Gasteiger partial charge < -0.3 is 9.84 Å². The van der Waals surface area contributed by atoms with Crippen molar-refractivity contribution in [2.75, 3.05) is 0 Å². The molecule has 1 heterocycles. The maximum atomic E-state index is 11.2. The van der Waals surface area contributed by atoms with Gasteiger partial charge in [0.15, 0.2) is 0 Å². The van der Waals surface area contributed by atoms with Crippen LogP contribution in [0.3, 0.4) is 0 Å². The van der Waals surface area contributed by atoms with E-state index < -0.39 is 5.60 Å². The van der Waals surface area contributed by atoms with Gasteiger partial charge in [0.2, 0.25) is 0 Å². The van der Waals surface area contributed by atoms with Gasteiger partial charge in [-0.15, -0.1) is 0 Å². The maximum absolute atomic E-state index is 11.2. The van der Waals surface area contributed by atoms with Gasteiger partial charge >= 0.3 is 0 Å². The molecule has 0 bridgehead atoms. The molecule has 2 atom stereocenters. The predicted octanol–water partition coefficient (Wildman–Crippen LogP) is 3.80. The van der Waals surface area contributed by atoms with Gasteiger partial charge in [-0.3, -0.25) is 0 Å². The van der Waals surface area contributed by atoms with Crippen LogP contribution >= 0.6 is 0 Å². The zero-order chi connectivity index (χ0) is 14.5. The van der Waals surface area contributed by atoms with E-state index in [1.165, 1.54) is 0 Å². The number of hydrogen-bond donors (Lipinski definition) is 1. The summed E-state index contributed by atoms with van der Waals surface area (Å²) in [5.41, 5.74) is 0.765. The summed E-state index contributed by atoms with van der Waals surface area (Å²) in [6, 6.07) is 8.08. The fourth-order valence-corrected chi connectivity index (χ4v) is 3.77. The van der Waals surface area contributed by atoms with Crippen molar-refractivity contribution in [1.29, 1.82) is 0 Å². The van der Waals surface area contributed by atoms with Crippen LogP contribution in [-0.4, -0.2) is 16.3 Å². The van der Waals surface area contributed by atoms with Gasteiger partial charge in [-0.2, -0.15) is 0 Å². The van der Waals surface area contributed by atoms with E-state index in [0.717, 1.165) is 17.5 Å². The molecule has 0 aromatic heterocycles. The Kier molecular flexibility index (Phi) is 3.31. The molecule has 0 spiro atoms. The van der Waals surface area contributed by atoms with E-state index in [-0.39, 0.29) is 17.1 Å². The summed E-state index contributed by atoms with van der Waals surface area (Å²) < 4.78 is 6.14. The second kappa shape index (κ2) is 4.32. The normalized spacial score (nSPS) is 28.1. The molecule has 0 amide bonds. The molecule has 2 unspecified atom stereocenters. The molecule has 1 aliphatic rings. The molecule has 19 heavy (non-hydrogen) atoms. The molecule has 2 nitrogen and oxygen atoms in total. The molecule has 1 N–H and O–H groups in total. The highest BCUT2D eigenvalue weighted by atomic mass is 16.5. The molecule has 1 saturated heterocycles. The Hall–Kier alpha value is -0.860. The first-order valence-corrected chi connectivity index (χ1v) is 7.05. The molecule has 2 rings (SSSR count). The van der Waals surface area contributed by atoms with Gasteiger partial charge in [0.25, 0.3) is 0 Å². The molecule has 106 valence electrons. The summed E-state index contributed by atoms with van der Waals surface area (Å²) in [7, 11) is 0. The number of ether oxygens (including phenoxy) is 1. The van der Waals surface area contributed by atoms with Crippen molar-refractivity contribution in [2.45, 2.75) is 64.8 Å². The standard InChI is InChI=1S/C17H26O2/c1-12-9-7-8-10-13(12)17(6,18)14-11-15(2,3)19-16(14,4)5/h7-10,14,18H,11H2,1-6H3. The van der Waals surface area contributed by atoms with E-state index in [2.05, 4.69) is 40.7 Å². The average Bonchev–Trinajstić information content (AvgIpc) is 2.47. The molecule has 1 aromatic carbocycles. The SMILES string of the molecule is Cc1ccccc1C(C)(O)C1CC(C)(C)OC1(C)C. The summed E-state index contributed by atoms with van der Waals surface area (Å²) >= 11 is 0. The summed E-state index contributed by atoms with van der Waals surface area (Å²) in [6.45, 7) is 12.3. The minimum atomic E-state index is -0.872. The molecule has 1 fully saturated rings. The monoisotopic (exact) mass is 262 g/mol. The van der Waals surface area contributed by atoms with Crippen LogP contribution in [0.5, 0.6) is 0 Å². The molecule has 2 heteroatoms. The first kappa shape index (κ1) is 14.5. The molecule has 1 aliphatic heterocycles. The largest absolute Gasteiger partial charge is 0.385 e. The maximum Gasteiger partial charge on any atom is 0.0927 e. The third-order valence-electron chi connectivity index (χ3n) is 4.44. The van der Waals surface area contributed by atoms with Crippen molar-refractivity contribution in [3.8, 4) is 0 Å². The molecule has 0 saturated carbocycles. The van der Waals surface area contributed by atoms with Crippen molar-refractivity contribution in [3.05, 3.63) is 35.4 Å². The lowest BCUT2D eigenvalue weighted by atomic mass is 9.71. The van der Waals surface area contributed by atoms with Crippen LogP contribution in [0.1, 0.15) is 52.2 Å². The molecule has 0 radical (unpaired) electrons. The average molecular weight is 262 g/mol. The van der Waals surface area contributed by atoms with Gasteiger partial charge in [-0.1, -0.05) is 24.3 Å². The van der Waals surface area contributed by atoms with Gasteiger partial charge in [0, 0.05) is 5.92 Å². The van der Waals surface area contributed by atoms with Crippen molar-refractivity contribution in [1.82, 2.24) is 0 Å². The van der Waals surface area contributed by atoms with Gasteiger partial charge in [0.1, 0.15) is 0 Å².